The summed E-state index contributed by atoms with van der Waals surface area (Å²) in [5.74, 6) is 0. The van der Waals surface area contributed by atoms with Gasteiger partial charge in [-0.25, -0.2) is 0 Å². The summed E-state index contributed by atoms with van der Waals surface area (Å²) in [6, 6.07) is 0. The quantitative estimate of drug-likeness (QED) is 0.437. The van der Waals surface area contributed by atoms with Crippen molar-refractivity contribution in [1.29, 1.82) is 0 Å². The summed E-state index contributed by atoms with van der Waals surface area (Å²) >= 11 is 0. The minimum atomic E-state index is 0. The van der Waals surface area contributed by atoms with Crippen molar-refractivity contribution in [3.63, 3.8) is 0 Å². The standard InChI is InChI=1S/C8H6.Si/c1-3-7-5-2-6-8(7)4-1;/h1-6H;. The summed E-state index contributed by atoms with van der Waals surface area (Å²) in [6.45, 7) is 0. The fourth-order valence-corrected chi connectivity index (χ4v) is 1.01. The van der Waals surface area contributed by atoms with Crippen LogP contribution in [-0.4, -0.2) is 11.0 Å². The molecule has 42 valence electrons. The van der Waals surface area contributed by atoms with E-state index in [1.54, 1.807) is 0 Å². The van der Waals surface area contributed by atoms with Crippen molar-refractivity contribution in [3.05, 3.63) is 47.6 Å². The second-order valence-corrected chi connectivity index (χ2v) is 1.96. The van der Waals surface area contributed by atoms with Crippen LogP contribution in [0.25, 0.3) is 0 Å². The van der Waals surface area contributed by atoms with Crippen molar-refractivity contribution in [2.75, 3.05) is 0 Å². The number of rotatable bonds is 0. The van der Waals surface area contributed by atoms with Crippen molar-refractivity contribution in [2.24, 2.45) is 0 Å². The molecule has 0 unspecified atom stereocenters. The van der Waals surface area contributed by atoms with Gasteiger partial charge in [-0.3, -0.25) is 0 Å². The predicted molar refractivity (Wildman–Crippen MR) is 40.2 cm³/mol. The second kappa shape index (κ2) is 2.19. The molecule has 0 heterocycles. The first-order chi connectivity index (χ1) is 3.97. The van der Waals surface area contributed by atoms with Crippen molar-refractivity contribution in [2.45, 2.75) is 0 Å². The monoisotopic (exact) mass is 130 g/mol. The summed E-state index contributed by atoms with van der Waals surface area (Å²) in [4.78, 5) is 0. The Bertz CT molecular complexity index is 203. The summed E-state index contributed by atoms with van der Waals surface area (Å²) in [7, 11) is 0. The smallest absolute Gasteiger partial charge is 0 e. The first-order valence-electron chi connectivity index (χ1n) is 2.74. The van der Waals surface area contributed by atoms with Gasteiger partial charge in [0, 0.05) is 11.0 Å². The number of allylic oxidation sites excluding steroid dienone is 8. The molecule has 0 aromatic carbocycles. The lowest BCUT2D eigenvalue weighted by atomic mass is 10.2. The van der Waals surface area contributed by atoms with Crippen LogP contribution in [-0.2, 0) is 0 Å². The minimum Gasteiger partial charge on any atom is -0.0610 e. The van der Waals surface area contributed by atoms with Gasteiger partial charge >= 0.3 is 0 Å². The molecule has 0 aliphatic heterocycles. The average molecular weight is 130 g/mol. The van der Waals surface area contributed by atoms with Crippen LogP contribution in [0.2, 0.25) is 0 Å². The molecule has 0 spiro atoms. The zero-order valence-corrected chi connectivity index (χ0v) is 5.96. The molecule has 0 nitrogen and oxygen atoms in total. The predicted octanol–water partition coefficient (Wildman–Crippen LogP) is 1.60. The zero-order valence-electron chi connectivity index (χ0n) is 4.96. The van der Waals surface area contributed by atoms with E-state index in [1.807, 2.05) is 0 Å². The maximum atomic E-state index is 2.12. The Morgan fingerprint density at radius 2 is 1.22 bits per heavy atom. The van der Waals surface area contributed by atoms with Crippen LogP contribution in [0.3, 0.4) is 0 Å². The van der Waals surface area contributed by atoms with E-state index in [0.717, 1.165) is 0 Å². The summed E-state index contributed by atoms with van der Waals surface area (Å²) in [6.07, 6.45) is 12.6. The highest BCUT2D eigenvalue weighted by molar-refractivity contribution is 5.75. The Kier molecular flexibility index (Phi) is 1.53. The van der Waals surface area contributed by atoms with E-state index in [0.29, 0.717) is 0 Å². The summed E-state index contributed by atoms with van der Waals surface area (Å²) in [5.41, 5.74) is 2.70. The van der Waals surface area contributed by atoms with Crippen LogP contribution in [0.4, 0.5) is 0 Å². The van der Waals surface area contributed by atoms with E-state index in [-0.39, 0.29) is 11.0 Å². The molecule has 0 amide bonds. The van der Waals surface area contributed by atoms with E-state index in [9.17, 15) is 0 Å². The molecule has 4 radical (unpaired) electrons. The van der Waals surface area contributed by atoms with Gasteiger partial charge in [-0.2, -0.15) is 0 Å². The zero-order chi connectivity index (χ0) is 5.40. The minimum absolute atomic E-state index is 0. The lowest BCUT2D eigenvalue weighted by molar-refractivity contribution is 1.69. The van der Waals surface area contributed by atoms with E-state index >= 15 is 0 Å². The first kappa shape index (κ1) is 6.30. The molecule has 0 N–H and O–H groups in total. The maximum absolute atomic E-state index is 2.12. The van der Waals surface area contributed by atoms with Gasteiger partial charge in [-0.15, -0.1) is 0 Å². The van der Waals surface area contributed by atoms with Gasteiger partial charge in [-0.1, -0.05) is 36.5 Å². The topological polar surface area (TPSA) is 0 Å². The number of hydrogen-bond donors (Lipinski definition) is 0. The van der Waals surface area contributed by atoms with Gasteiger partial charge in [-0.05, 0) is 11.1 Å². The Morgan fingerprint density at radius 1 is 0.778 bits per heavy atom. The Hall–Kier alpha value is -0.823. The first-order valence-corrected chi connectivity index (χ1v) is 2.74. The van der Waals surface area contributed by atoms with Crippen LogP contribution >= 0.6 is 0 Å². The highest BCUT2D eigenvalue weighted by atomic mass is 28.1. The Labute approximate surface area is 59.3 Å². The van der Waals surface area contributed by atoms with Crippen LogP contribution < -0.4 is 0 Å². The molecule has 2 rings (SSSR count). The number of fused-ring (bicyclic) bond motifs is 1. The molecule has 0 fully saturated rings. The van der Waals surface area contributed by atoms with Crippen molar-refractivity contribution >= 4 is 11.0 Å². The fourth-order valence-electron chi connectivity index (χ4n) is 1.01. The van der Waals surface area contributed by atoms with E-state index in [2.05, 4.69) is 36.5 Å². The number of hydrogen-bond acceptors (Lipinski definition) is 0. The molecule has 0 atom stereocenters. The summed E-state index contributed by atoms with van der Waals surface area (Å²) in [5, 5.41) is 0. The maximum Gasteiger partial charge on any atom is 0 e. The Balaban J connectivity index is 0.000000405. The molecule has 0 bridgehead atoms. The molecular weight excluding hydrogens is 124 g/mol. The molecule has 0 saturated heterocycles. The van der Waals surface area contributed by atoms with Crippen molar-refractivity contribution in [1.82, 2.24) is 0 Å². The third kappa shape index (κ3) is 0.835. The van der Waals surface area contributed by atoms with Crippen LogP contribution in [0.1, 0.15) is 0 Å². The third-order valence-electron chi connectivity index (χ3n) is 1.44. The Morgan fingerprint density at radius 3 is 1.67 bits per heavy atom. The molecule has 1 heteroatoms. The van der Waals surface area contributed by atoms with Gasteiger partial charge in [0.2, 0.25) is 0 Å². The van der Waals surface area contributed by atoms with Crippen LogP contribution in [0, 0.1) is 0 Å². The lowest BCUT2D eigenvalue weighted by Gasteiger charge is -1.85. The van der Waals surface area contributed by atoms with E-state index < -0.39 is 0 Å². The van der Waals surface area contributed by atoms with Crippen molar-refractivity contribution < 1.29 is 0 Å². The molecule has 9 heavy (non-hydrogen) atoms. The van der Waals surface area contributed by atoms with Crippen LogP contribution in [0.5, 0.6) is 0 Å². The average Bonchev–Trinajstić information content (AvgIpc) is 2.15. The van der Waals surface area contributed by atoms with Crippen molar-refractivity contribution in [3.8, 4) is 0 Å². The summed E-state index contributed by atoms with van der Waals surface area (Å²) < 4.78 is 0. The van der Waals surface area contributed by atoms with Gasteiger partial charge in [0.1, 0.15) is 0 Å². The largest absolute Gasteiger partial charge is 0.0610 e. The molecule has 0 aromatic heterocycles. The van der Waals surface area contributed by atoms with Gasteiger partial charge in [0.25, 0.3) is 0 Å². The van der Waals surface area contributed by atoms with Crippen LogP contribution in [0.15, 0.2) is 47.6 Å². The van der Waals surface area contributed by atoms with Gasteiger partial charge in [0.15, 0.2) is 0 Å². The highest BCUT2D eigenvalue weighted by Gasteiger charge is 2.04. The van der Waals surface area contributed by atoms with Gasteiger partial charge < -0.3 is 0 Å². The fraction of sp³-hybridized carbons (Fsp3) is 0. The molecule has 2 aliphatic rings. The highest BCUT2D eigenvalue weighted by Crippen LogP contribution is 2.23. The molecular formula is C8H6Si. The molecule has 2 aliphatic carbocycles. The lowest BCUT2D eigenvalue weighted by Crippen LogP contribution is -1.67. The normalized spacial score (nSPS) is 18.7. The molecule has 0 saturated carbocycles. The van der Waals surface area contributed by atoms with E-state index in [4.69, 9.17) is 0 Å². The SMILES string of the molecule is C1=CC2=CC=CC2=C1.[Si]. The third-order valence-corrected chi connectivity index (χ3v) is 1.44. The second-order valence-electron chi connectivity index (χ2n) is 1.96. The van der Waals surface area contributed by atoms with Gasteiger partial charge in [0.05, 0.1) is 0 Å². The molecule has 0 aromatic rings. The van der Waals surface area contributed by atoms with E-state index in [1.165, 1.54) is 11.1 Å².